The van der Waals surface area contributed by atoms with Crippen LogP contribution < -0.4 is 5.76 Å². The molecule has 0 unspecified atom stereocenters. The van der Waals surface area contributed by atoms with Crippen molar-refractivity contribution >= 4 is 16.9 Å². The van der Waals surface area contributed by atoms with Crippen LogP contribution in [0.5, 0.6) is 0 Å². The van der Waals surface area contributed by atoms with Gasteiger partial charge in [0.2, 0.25) is 0 Å². The number of likely N-dealkylation sites (N-methyl/N-ethyl adjacent to an activating group) is 1. The van der Waals surface area contributed by atoms with Gasteiger partial charge in [0.05, 0.1) is 12.1 Å². The van der Waals surface area contributed by atoms with Gasteiger partial charge in [0.25, 0.3) is 0 Å². The van der Waals surface area contributed by atoms with Gasteiger partial charge in [-0.2, -0.15) is 0 Å². The lowest BCUT2D eigenvalue weighted by Gasteiger charge is -2.14. The van der Waals surface area contributed by atoms with Crippen LogP contribution in [0.25, 0.3) is 11.1 Å². The van der Waals surface area contributed by atoms with Crippen molar-refractivity contribution < 1.29 is 9.21 Å². The van der Waals surface area contributed by atoms with Crippen LogP contribution in [0, 0.1) is 0 Å². The van der Waals surface area contributed by atoms with Crippen LogP contribution in [0.3, 0.4) is 0 Å². The molecule has 0 amide bonds. The Morgan fingerprint density at radius 2 is 2.22 bits per heavy atom. The molecule has 1 aromatic carbocycles. The number of oxazole rings is 1. The fourth-order valence-electron chi connectivity index (χ4n) is 1.93. The van der Waals surface area contributed by atoms with Crippen LogP contribution in [-0.2, 0) is 11.2 Å². The van der Waals surface area contributed by atoms with Crippen LogP contribution in [0.4, 0.5) is 0 Å². The summed E-state index contributed by atoms with van der Waals surface area (Å²) < 4.78 is 4.93. The first-order valence-electron chi connectivity index (χ1n) is 5.84. The second kappa shape index (κ2) is 5.18. The van der Waals surface area contributed by atoms with Crippen molar-refractivity contribution in [3.8, 4) is 0 Å². The summed E-state index contributed by atoms with van der Waals surface area (Å²) in [5.74, 6) is -0.275. The van der Waals surface area contributed by atoms with Crippen LogP contribution in [0.15, 0.2) is 27.4 Å². The summed E-state index contributed by atoms with van der Waals surface area (Å²) in [5, 5.41) is 0. The van der Waals surface area contributed by atoms with Crippen molar-refractivity contribution in [3.63, 3.8) is 0 Å². The molecule has 0 aliphatic carbocycles. The Balaban J connectivity index is 2.03. The zero-order valence-corrected chi connectivity index (χ0v) is 10.5. The molecule has 5 nitrogen and oxygen atoms in total. The number of hydrogen-bond donors (Lipinski definition) is 1. The Bertz CT molecular complexity index is 612. The molecule has 0 fully saturated rings. The Labute approximate surface area is 104 Å². The Hall–Kier alpha value is -1.88. The van der Waals surface area contributed by atoms with Crippen molar-refractivity contribution in [1.29, 1.82) is 0 Å². The maximum atomic E-state index is 11.0. The number of rotatable bonds is 5. The first-order valence-corrected chi connectivity index (χ1v) is 5.84. The zero-order valence-electron chi connectivity index (χ0n) is 10.5. The van der Waals surface area contributed by atoms with E-state index in [1.54, 1.807) is 13.0 Å². The number of aromatic amines is 1. The molecule has 0 aliphatic rings. The van der Waals surface area contributed by atoms with Crippen molar-refractivity contribution in [2.75, 3.05) is 20.1 Å². The lowest BCUT2D eigenvalue weighted by atomic mass is 10.1. The third-order valence-electron chi connectivity index (χ3n) is 2.76. The highest BCUT2D eigenvalue weighted by Crippen LogP contribution is 2.12. The monoisotopic (exact) mass is 248 g/mol. The summed E-state index contributed by atoms with van der Waals surface area (Å²) >= 11 is 0. The number of carbonyl (C=O) groups is 1. The maximum absolute atomic E-state index is 11.0. The van der Waals surface area contributed by atoms with Crippen LogP contribution >= 0.6 is 0 Å². The molecule has 0 aliphatic heterocycles. The molecule has 1 N–H and O–H groups in total. The third kappa shape index (κ3) is 3.07. The predicted molar refractivity (Wildman–Crippen MR) is 68.7 cm³/mol. The molecule has 0 saturated carbocycles. The van der Waals surface area contributed by atoms with Gasteiger partial charge in [-0.1, -0.05) is 6.07 Å². The number of ketones is 1. The molecule has 0 radical (unpaired) electrons. The molecule has 1 heterocycles. The molecule has 5 heteroatoms. The number of nitrogens with zero attached hydrogens (tertiary/aromatic N) is 1. The van der Waals surface area contributed by atoms with Crippen LogP contribution in [-0.4, -0.2) is 35.8 Å². The van der Waals surface area contributed by atoms with E-state index in [4.69, 9.17) is 4.42 Å². The number of hydrogen-bond acceptors (Lipinski definition) is 4. The van der Waals surface area contributed by atoms with Gasteiger partial charge in [0.1, 0.15) is 5.78 Å². The normalized spacial score (nSPS) is 11.3. The molecular formula is C13H16N2O3. The molecule has 0 atom stereocenters. The molecule has 18 heavy (non-hydrogen) atoms. The summed E-state index contributed by atoms with van der Waals surface area (Å²) in [7, 11) is 1.92. The Morgan fingerprint density at radius 3 is 2.94 bits per heavy atom. The van der Waals surface area contributed by atoms with Gasteiger partial charge in [-0.05, 0) is 38.1 Å². The van der Waals surface area contributed by atoms with Crippen molar-refractivity contribution in [2.24, 2.45) is 0 Å². The first kappa shape index (κ1) is 12.6. The van der Waals surface area contributed by atoms with Crippen LogP contribution in [0.2, 0.25) is 0 Å². The van der Waals surface area contributed by atoms with Gasteiger partial charge in [-0.3, -0.25) is 14.7 Å². The molecule has 1 aromatic heterocycles. The highest BCUT2D eigenvalue weighted by Gasteiger charge is 2.05. The predicted octanol–water partition coefficient (Wildman–Crippen LogP) is 1.18. The highest BCUT2D eigenvalue weighted by molar-refractivity contribution is 5.77. The van der Waals surface area contributed by atoms with E-state index in [9.17, 15) is 9.59 Å². The summed E-state index contributed by atoms with van der Waals surface area (Å²) in [4.78, 5) is 26.6. The topological polar surface area (TPSA) is 66.3 Å². The minimum atomic E-state index is -0.434. The Morgan fingerprint density at radius 1 is 1.44 bits per heavy atom. The average Bonchev–Trinajstić information content (AvgIpc) is 2.64. The van der Waals surface area contributed by atoms with Gasteiger partial charge in [0, 0.05) is 6.54 Å². The Kier molecular flexibility index (Phi) is 3.62. The van der Waals surface area contributed by atoms with Gasteiger partial charge < -0.3 is 4.42 Å². The number of nitrogens with one attached hydrogen (secondary N) is 1. The van der Waals surface area contributed by atoms with Crippen LogP contribution in [0.1, 0.15) is 12.5 Å². The van der Waals surface area contributed by atoms with E-state index >= 15 is 0 Å². The van der Waals surface area contributed by atoms with Gasteiger partial charge in [-0.15, -0.1) is 0 Å². The molecule has 0 spiro atoms. The van der Waals surface area contributed by atoms with Gasteiger partial charge in [-0.25, -0.2) is 4.79 Å². The van der Waals surface area contributed by atoms with E-state index < -0.39 is 5.76 Å². The number of fused-ring (bicyclic) bond motifs is 1. The lowest BCUT2D eigenvalue weighted by molar-refractivity contribution is -0.117. The van der Waals surface area contributed by atoms with Gasteiger partial charge in [0.15, 0.2) is 5.58 Å². The summed E-state index contributed by atoms with van der Waals surface area (Å²) in [6.45, 7) is 2.84. The van der Waals surface area contributed by atoms with E-state index in [0.29, 0.717) is 17.6 Å². The van der Waals surface area contributed by atoms with Gasteiger partial charge >= 0.3 is 5.76 Å². The van der Waals surface area contributed by atoms with E-state index in [2.05, 4.69) is 4.98 Å². The van der Waals surface area contributed by atoms with Crippen molar-refractivity contribution in [2.45, 2.75) is 13.3 Å². The number of H-pyrrole nitrogens is 1. The fraction of sp³-hybridized carbons (Fsp3) is 0.385. The zero-order chi connectivity index (χ0) is 13.1. The minimum Gasteiger partial charge on any atom is -0.408 e. The number of benzene rings is 1. The quantitative estimate of drug-likeness (QED) is 0.863. The van der Waals surface area contributed by atoms with E-state index in [1.807, 2.05) is 24.1 Å². The maximum Gasteiger partial charge on any atom is 0.417 e. The second-order valence-electron chi connectivity index (χ2n) is 4.53. The first-order chi connectivity index (χ1) is 8.54. The standard InChI is InChI=1S/C13H16N2O3/c1-9(16)8-15(2)6-5-10-3-4-12-11(7-10)14-13(17)18-12/h3-4,7H,5-6,8H2,1-2H3,(H,14,17). The highest BCUT2D eigenvalue weighted by atomic mass is 16.4. The molecule has 0 saturated heterocycles. The molecule has 96 valence electrons. The molecule has 2 rings (SSSR count). The second-order valence-corrected chi connectivity index (χ2v) is 4.53. The largest absolute Gasteiger partial charge is 0.417 e. The number of carbonyl (C=O) groups excluding carboxylic acids is 1. The summed E-state index contributed by atoms with van der Waals surface area (Å²) in [6.07, 6.45) is 0.826. The summed E-state index contributed by atoms with van der Waals surface area (Å²) in [5.41, 5.74) is 2.39. The van der Waals surface area contributed by atoms with E-state index in [-0.39, 0.29) is 5.78 Å². The average molecular weight is 248 g/mol. The number of aromatic nitrogens is 1. The fourth-order valence-corrected chi connectivity index (χ4v) is 1.93. The van der Waals surface area contributed by atoms with Crippen molar-refractivity contribution in [1.82, 2.24) is 9.88 Å². The third-order valence-corrected chi connectivity index (χ3v) is 2.76. The number of Topliss-reactive ketones (excluding diaryl/α,β-unsaturated/α-hetero) is 1. The van der Waals surface area contributed by atoms with Crippen molar-refractivity contribution in [3.05, 3.63) is 34.3 Å². The smallest absolute Gasteiger partial charge is 0.408 e. The SMILES string of the molecule is CC(=O)CN(C)CCc1ccc2oc(=O)[nH]c2c1. The summed E-state index contributed by atoms with van der Waals surface area (Å²) in [6, 6.07) is 5.62. The molecule has 2 aromatic rings. The minimum absolute atomic E-state index is 0.159. The van der Waals surface area contributed by atoms with E-state index in [1.165, 1.54) is 0 Å². The molecule has 0 bridgehead atoms. The van der Waals surface area contributed by atoms with E-state index in [0.717, 1.165) is 18.5 Å². The lowest BCUT2D eigenvalue weighted by Crippen LogP contribution is -2.26. The molecular weight excluding hydrogens is 232 g/mol.